The van der Waals surface area contributed by atoms with Crippen molar-refractivity contribution < 1.29 is 14.2 Å². The Morgan fingerprint density at radius 2 is 1.63 bits per heavy atom. The minimum Gasteiger partial charge on any atom is -0.463 e. The van der Waals surface area contributed by atoms with Crippen LogP contribution < -0.4 is 14.8 Å². The molecule has 0 fully saturated rings. The number of nitrogens with zero attached hydrogens (tertiary/aromatic N) is 3. The number of anilines is 1. The molecule has 0 amide bonds. The molecule has 0 aromatic carbocycles. The minimum atomic E-state index is 0.179. The zero-order valence-corrected chi connectivity index (χ0v) is 12.0. The Labute approximate surface area is 113 Å². The molecule has 1 rings (SSSR count). The third-order valence-electron chi connectivity index (χ3n) is 2.02. The van der Waals surface area contributed by atoms with Gasteiger partial charge in [-0.2, -0.15) is 9.97 Å². The molecule has 0 bridgehead atoms. The number of rotatable bonds is 9. The fourth-order valence-corrected chi connectivity index (χ4v) is 1.19. The van der Waals surface area contributed by atoms with Crippen LogP contribution in [-0.2, 0) is 4.74 Å². The van der Waals surface area contributed by atoms with E-state index in [0.29, 0.717) is 25.8 Å². The van der Waals surface area contributed by atoms with Gasteiger partial charge in [-0.25, -0.2) is 0 Å². The molecular weight excluding hydrogens is 248 g/mol. The monoisotopic (exact) mass is 270 g/mol. The fourth-order valence-electron chi connectivity index (χ4n) is 1.19. The summed E-state index contributed by atoms with van der Waals surface area (Å²) < 4.78 is 16.2. The molecule has 1 heterocycles. The van der Waals surface area contributed by atoms with Crippen molar-refractivity contribution in [3.8, 4) is 12.0 Å². The van der Waals surface area contributed by atoms with Crippen molar-refractivity contribution in [3.63, 3.8) is 0 Å². The number of ether oxygens (including phenoxy) is 3. The van der Waals surface area contributed by atoms with E-state index in [1.54, 1.807) is 7.05 Å². The molecule has 7 nitrogen and oxygen atoms in total. The lowest BCUT2D eigenvalue weighted by atomic mass is 10.5. The van der Waals surface area contributed by atoms with E-state index in [9.17, 15) is 0 Å². The van der Waals surface area contributed by atoms with Gasteiger partial charge >= 0.3 is 12.0 Å². The SMILES string of the molecule is CCCOc1nc(NC)nc(OCCOC(C)C)n1. The summed E-state index contributed by atoms with van der Waals surface area (Å²) in [6, 6.07) is 0.499. The van der Waals surface area contributed by atoms with Gasteiger partial charge in [0.15, 0.2) is 0 Å². The zero-order chi connectivity index (χ0) is 14.1. The molecule has 1 N–H and O–H groups in total. The molecular formula is C12H22N4O3. The first-order valence-electron chi connectivity index (χ1n) is 6.46. The molecule has 0 saturated carbocycles. The summed E-state index contributed by atoms with van der Waals surface area (Å²) in [5.41, 5.74) is 0. The van der Waals surface area contributed by atoms with Crippen LogP contribution in [0.15, 0.2) is 0 Å². The summed E-state index contributed by atoms with van der Waals surface area (Å²) in [6.45, 7) is 7.39. The summed E-state index contributed by atoms with van der Waals surface area (Å²) in [7, 11) is 1.73. The predicted octanol–water partition coefficient (Wildman–Crippen LogP) is 1.51. The van der Waals surface area contributed by atoms with Crippen LogP contribution >= 0.6 is 0 Å². The van der Waals surface area contributed by atoms with Gasteiger partial charge in [0.2, 0.25) is 5.95 Å². The first kappa shape index (κ1) is 15.4. The first-order chi connectivity index (χ1) is 9.15. The van der Waals surface area contributed by atoms with Crippen molar-refractivity contribution in [1.29, 1.82) is 0 Å². The topological polar surface area (TPSA) is 78.4 Å². The van der Waals surface area contributed by atoms with Gasteiger partial charge in [-0.3, -0.25) is 0 Å². The average Bonchev–Trinajstić information content (AvgIpc) is 2.41. The number of nitrogens with one attached hydrogen (secondary N) is 1. The number of hydrogen-bond acceptors (Lipinski definition) is 7. The normalized spacial score (nSPS) is 10.6. The van der Waals surface area contributed by atoms with Gasteiger partial charge in [-0.1, -0.05) is 6.92 Å². The standard InChI is InChI=1S/C12H22N4O3/c1-5-6-18-11-14-10(13-4)15-12(16-11)19-8-7-17-9(2)3/h9H,5-8H2,1-4H3,(H,13,14,15,16). The zero-order valence-electron chi connectivity index (χ0n) is 12.0. The van der Waals surface area contributed by atoms with Crippen LogP contribution in [0.5, 0.6) is 12.0 Å². The predicted molar refractivity (Wildman–Crippen MR) is 71.7 cm³/mol. The van der Waals surface area contributed by atoms with Crippen molar-refractivity contribution in [3.05, 3.63) is 0 Å². The Morgan fingerprint density at radius 3 is 2.16 bits per heavy atom. The van der Waals surface area contributed by atoms with Gasteiger partial charge in [0.05, 0.1) is 19.3 Å². The minimum absolute atomic E-state index is 0.179. The molecule has 0 radical (unpaired) electrons. The molecule has 0 saturated heterocycles. The van der Waals surface area contributed by atoms with Gasteiger partial charge in [0, 0.05) is 7.05 Å². The molecule has 1 aromatic rings. The second-order valence-corrected chi connectivity index (χ2v) is 4.09. The smallest absolute Gasteiger partial charge is 0.324 e. The Morgan fingerprint density at radius 1 is 1.00 bits per heavy atom. The first-order valence-corrected chi connectivity index (χ1v) is 6.46. The molecule has 0 aliphatic carbocycles. The number of hydrogen-bond donors (Lipinski definition) is 1. The van der Waals surface area contributed by atoms with Crippen molar-refractivity contribution in [2.24, 2.45) is 0 Å². The van der Waals surface area contributed by atoms with E-state index in [1.165, 1.54) is 0 Å². The fraction of sp³-hybridized carbons (Fsp3) is 0.750. The van der Waals surface area contributed by atoms with E-state index in [4.69, 9.17) is 14.2 Å². The van der Waals surface area contributed by atoms with Crippen molar-refractivity contribution >= 4 is 5.95 Å². The molecule has 108 valence electrons. The summed E-state index contributed by atoms with van der Waals surface area (Å²) in [5.74, 6) is 0.417. The van der Waals surface area contributed by atoms with Crippen molar-refractivity contribution in [1.82, 2.24) is 15.0 Å². The van der Waals surface area contributed by atoms with Gasteiger partial charge in [-0.15, -0.1) is 4.98 Å². The molecule has 0 spiro atoms. The van der Waals surface area contributed by atoms with Gasteiger partial charge in [0.1, 0.15) is 6.61 Å². The number of aromatic nitrogens is 3. The maximum Gasteiger partial charge on any atom is 0.324 e. The maximum atomic E-state index is 5.41. The Bertz CT molecular complexity index is 374. The highest BCUT2D eigenvalue weighted by molar-refractivity contribution is 5.26. The lowest BCUT2D eigenvalue weighted by Crippen LogP contribution is -2.13. The highest BCUT2D eigenvalue weighted by atomic mass is 16.5. The second-order valence-electron chi connectivity index (χ2n) is 4.09. The van der Waals surface area contributed by atoms with E-state index < -0.39 is 0 Å². The van der Waals surface area contributed by atoms with Crippen LogP contribution in [0.25, 0.3) is 0 Å². The van der Waals surface area contributed by atoms with Gasteiger partial charge in [0.25, 0.3) is 0 Å². The lowest BCUT2D eigenvalue weighted by Gasteiger charge is -2.10. The van der Waals surface area contributed by atoms with Gasteiger partial charge < -0.3 is 19.5 Å². The van der Waals surface area contributed by atoms with Crippen LogP contribution in [0.1, 0.15) is 27.2 Å². The Kier molecular flexibility index (Phi) is 6.88. The summed E-state index contributed by atoms with van der Waals surface area (Å²) in [6.07, 6.45) is 1.07. The molecule has 1 aromatic heterocycles. The van der Waals surface area contributed by atoms with E-state index in [-0.39, 0.29) is 18.1 Å². The highest BCUT2D eigenvalue weighted by Gasteiger charge is 2.07. The van der Waals surface area contributed by atoms with Crippen LogP contribution in [0.4, 0.5) is 5.95 Å². The third kappa shape index (κ3) is 6.19. The molecule has 0 aliphatic rings. The molecule has 0 aliphatic heterocycles. The highest BCUT2D eigenvalue weighted by Crippen LogP contribution is 2.12. The third-order valence-corrected chi connectivity index (χ3v) is 2.02. The Hall–Kier alpha value is -1.63. The van der Waals surface area contributed by atoms with Crippen LogP contribution in [0.3, 0.4) is 0 Å². The maximum absolute atomic E-state index is 5.41. The summed E-state index contributed by atoms with van der Waals surface area (Å²) >= 11 is 0. The molecule has 0 unspecified atom stereocenters. The van der Waals surface area contributed by atoms with E-state index in [0.717, 1.165) is 6.42 Å². The van der Waals surface area contributed by atoms with Crippen molar-refractivity contribution in [2.45, 2.75) is 33.3 Å². The average molecular weight is 270 g/mol. The van der Waals surface area contributed by atoms with Gasteiger partial charge in [-0.05, 0) is 20.3 Å². The van der Waals surface area contributed by atoms with E-state index in [2.05, 4.69) is 20.3 Å². The van der Waals surface area contributed by atoms with Crippen LogP contribution in [0, 0.1) is 0 Å². The second kappa shape index (κ2) is 8.47. The molecule has 0 atom stereocenters. The molecule has 19 heavy (non-hydrogen) atoms. The van der Waals surface area contributed by atoms with E-state index in [1.807, 2.05) is 20.8 Å². The Balaban J connectivity index is 2.55. The summed E-state index contributed by atoms with van der Waals surface area (Å²) in [4.78, 5) is 12.2. The summed E-state index contributed by atoms with van der Waals surface area (Å²) in [5, 5.41) is 2.84. The largest absolute Gasteiger partial charge is 0.463 e. The lowest BCUT2D eigenvalue weighted by molar-refractivity contribution is 0.0528. The molecule has 7 heteroatoms. The van der Waals surface area contributed by atoms with Crippen LogP contribution in [-0.4, -0.2) is 47.9 Å². The van der Waals surface area contributed by atoms with Crippen LogP contribution in [0.2, 0.25) is 0 Å². The van der Waals surface area contributed by atoms with E-state index >= 15 is 0 Å². The quantitative estimate of drug-likeness (QED) is 0.681. The van der Waals surface area contributed by atoms with Crippen molar-refractivity contribution in [2.75, 3.05) is 32.2 Å².